The summed E-state index contributed by atoms with van der Waals surface area (Å²) < 4.78 is 4.92. The molecule has 0 aliphatic rings. The largest absolute Gasteiger partial charge is 0.472 e. The normalized spacial score (nSPS) is 12.3. The van der Waals surface area contributed by atoms with Gasteiger partial charge in [0.25, 0.3) is 5.91 Å². The van der Waals surface area contributed by atoms with E-state index in [4.69, 9.17) is 10.2 Å². The summed E-state index contributed by atoms with van der Waals surface area (Å²) in [6.07, 6.45) is 3.25. The molecule has 3 aromatic rings. The highest BCUT2D eigenvalue weighted by Gasteiger charge is 2.22. The van der Waals surface area contributed by atoms with Gasteiger partial charge in [-0.25, -0.2) is 9.97 Å². The Morgan fingerprint density at radius 1 is 1.19 bits per heavy atom. The predicted molar refractivity (Wildman–Crippen MR) is 101 cm³/mol. The summed E-state index contributed by atoms with van der Waals surface area (Å²) in [5.41, 5.74) is 7.53. The number of nitrogens with two attached hydrogens (primary N) is 1. The lowest BCUT2D eigenvalue weighted by atomic mass is 9.89. The van der Waals surface area contributed by atoms with Gasteiger partial charge in [0.15, 0.2) is 0 Å². The summed E-state index contributed by atoms with van der Waals surface area (Å²) in [6, 6.07) is 9.20. The maximum Gasteiger partial charge on any atom is 0.254 e. The van der Waals surface area contributed by atoms with Crippen LogP contribution in [0.15, 0.2) is 47.3 Å². The SMILES string of the molecule is CC(C)[C@H](Cc1nc(CNC(=O)c2ccoc2)nc2ccccc12)C(N)=O. The lowest BCUT2D eigenvalue weighted by Crippen LogP contribution is -2.30. The molecule has 0 aliphatic carbocycles. The van der Waals surface area contributed by atoms with Crippen molar-refractivity contribution in [2.75, 3.05) is 0 Å². The first kappa shape index (κ1) is 18.6. The molecule has 3 N–H and O–H groups in total. The molecule has 0 saturated heterocycles. The van der Waals surface area contributed by atoms with Crippen molar-refractivity contribution in [1.82, 2.24) is 15.3 Å². The molecule has 0 spiro atoms. The van der Waals surface area contributed by atoms with Crippen LogP contribution in [0.2, 0.25) is 0 Å². The van der Waals surface area contributed by atoms with Crippen LogP contribution < -0.4 is 11.1 Å². The Kier molecular flexibility index (Phi) is 5.49. The molecule has 0 unspecified atom stereocenters. The van der Waals surface area contributed by atoms with E-state index in [0.717, 1.165) is 16.6 Å². The van der Waals surface area contributed by atoms with Crippen LogP contribution in [0.3, 0.4) is 0 Å². The van der Waals surface area contributed by atoms with Crippen LogP contribution in [0.5, 0.6) is 0 Å². The average Bonchev–Trinajstić information content (AvgIpc) is 3.18. The van der Waals surface area contributed by atoms with E-state index in [2.05, 4.69) is 15.3 Å². The lowest BCUT2D eigenvalue weighted by Gasteiger charge is -2.18. The molecule has 1 atom stereocenters. The molecule has 2 amide bonds. The molecular weight excluding hydrogens is 344 g/mol. The van der Waals surface area contributed by atoms with Crippen molar-refractivity contribution in [2.24, 2.45) is 17.6 Å². The topological polar surface area (TPSA) is 111 Å². The van der Waals surface area contributed by atoms with Gasteiger partial charge in [0, 0.05) is 17.7 Å². The number of carbonyl (C=O) groups is 2. The summed E-state index contributed by atoms with van der Waals surface area (Å²) in [6.45, 7) is 4.10. The first-order valence-corrected chi connectivity index (χ1v) is 8.80. The summed E-state index contributed by atoms with van der Waals surface area (Å²) in [4.78, 5) is 33.0. The Hall–Kier alpha value is -3.22. The molecular formula is C20H22N4O3. The Morgan fingerprint density at radius 3 is 2.63 bits per heavy atom. The molecule has 0 saturated carbocycles. The number of furan rings is 1. The fourth-order valence-electron chi connectivity index (χ4n) is 2.96. The van der Waals surface area contributed by atoms with Crippen molar-refractivity contribution in [3.05, 3.63) is 59.9 Å². The molecule has 0 fully saturated rings. The number of nitrogens with zero attached hydrogens (tertiary/aromatic N) is 2. The van der Waals surface area contributed by atoms with Gasteiger partial charge in [0.1, 0.15) is 12.1 Å². The minimum atomic E-state index is -0.345. The summed E-state index contributed by atoms with van der Waals surface area (Å²) >= 11 is 0. The van der Waals surface area contributed by atoms with E-state index >= 15 is 0 Å². The van der Waals surface area contributed by atoms with E-state index < -0.39 is 0 Å². The molecule has 3 rings (SSSR count). The third kappa shape index (κ3) is 4.31. The van der Waals surface area contributed by atoms with Crippen LogP contribution in [0.1, 0.15) is 35.7 Å². The fraction of sp³-hybridized carbons (Fsp3) is 0.300. The van der Waals surface area contributed by atoms with E-state index in [1.165, 1.54) is 12.5 Å². The number of benzene rings is 1. The van der Waals surface area contributed by atoms with Gasteiger partial charge in [-0.1, -0.05) is 32.0 Å². The molecule has 2 aromatic heterocycles. The molecule has 0 radical (unpaired) electrons. The van der Waals surface area contributed by atoms with Crippen molar-refractivity contribution < 1.29 is 14.0 Å². The molecule has 7 heteroatoms. The minimum Gasteiger partial charge on any atom is -0.472 e. The van der Waals surface area contributed by atoms with Gasteiger partial charge in [0.2, 0.25) is 5.91 Å². The first-order chi connectivity index (χ1) is 13.0. The number of carbonyl (C=O) groups excluding carboxylic acids is 2. The quantitative estimate of drug-likeness (QED) is 0.667. The molecule has 7 nitrogen and oxygen atoms in total. The predicted octanol–water partition coefficient (Wildman–Crippen LogP) is 2.45. The van der Waals surface area contributed by atoms with E-state index in [1.54, 1.807) is 6.07 Å². The van der Waals surface area contributed by atoms with Crippen molar-refractivity contribution in [1.29, 1.82) is 0 Å². The van der Waals surface area contributed by atoms with E-state index in [-0.39, 0.29) is 30.2 Å². The molecule has 1 aromatic carbocycles. The van der Waals surface area contributed by atoms with Gasteiger partial charge in [-0.15, -0.1) is 0 Å². The number of hydrogen-bond donors (Lipinski definition) is 2. The number of nitrogens with one attached hydrogen (secondary N) is 1. The maximum atomic E-state index is 12.1. The van der Waals surface area contributed by atoms with E-state index in [0.29, 0.717) is 17.8 Å². The third-order valence-electron chi connectivity index (χ3n) is 4.50. The van der Waals surface area contributed by atoms with Crippen molar-refractivity contribution >= 4 is 22.7 Å². The first-order valence-electron chi connectivity index (χ1n) is 8.80. The molecule has 0 aliphatic heterocycles. The average molecular weight is 366 g/mol. The maximum absolute atomic E-state index is 12.1. The summed E-state index contributed by atoms with van der Waals surface area (Å²) in [5.74, 6) is -0.355. The number of hydrogen-bond acceptors (Lipinski definition) is 5. The van der Waals surface area contributed by atoms with E-state index in [9.17, 15) is 9.59 Å². The van der Waals surface area contributed by atoms with Gasteiger partial charge in [-0.2, -0.15) is 0 Å². The number of primary amides is 1. The zero-order valence-corrected chi connectivity index (χ0v) is 15.3. The number of para-hydroxylation sites is 1. The number of fused-ring (bicyclic) bond motifs is 1. The Bertz CT molecular complexity index is 951. The third-order valence-corrected chi connectivity index (χ3v) is 4.50. The van der Waals surface area contributed by atoms with Crippen LogP contribution in [0.25, 0.3) is 10.9 Å². The van der Waals surface area contributed by atoms with Crippen molar-refractivity contribution in [3.8, 4) is 0 Å². The molecule has 0 bridgehead atoms. The molecule has 27 heavy (non-hydrogen) atoms. The highest BCUT2D eigenvalue weighted by molar-refractivity contribution is 5.93. The Balaban J connectivity index is 1.88. The zero-order valence-electron chi connectivity index (χ0n) is 15.3. The van der Waals surface area contributed by atoms with Crippen LogP contribution in [-0.2, 0) is 17.8 Å². The standard InChI is InChI=1S/C20H22N4O3/c1-12(2)15(19(21)25)9-17-14-5-3-4-6-16(14)23-18(24-17)10-22-20(26)13-7-8-27-11-13/h3-8,11-12,15H,9-10H2,1-2H3,(H2,21,25)(H,22,26)/t15-/m0/s1. The summed E-state index contributed by atoms with van der Waals surface area (Å²) in [7, 11) is 0. The van der Waals surface area contributed by atoms with Gasteiger partial charge >= 0.3 is 0 Å². The van der Waals surface area contributed by atoms with Crippen LogP contribution in [0, 0.1) is 11.8 Å². The number of aromatic nitrogens is 2. The highest BCUT2D eigenvalue weighted by Crippen LogP contribution is 2.22. The number of amides is 2. The van der Waals surface area contributed by atoms with Gasteiger partial charge < -0.3 is 15.5 Å². The van der Waals surface area contributed by atoms with Gasteiger partial charge in [-0.05, 0) is 18.1 Å². The van der Waals surface area contributed by atoms with Crippen LogP contribution in [-0.4, -0.2) is 21.8 Å². The van der Waals surface area contributed by atoms with Crippen molar-refractivity contribution in [3.63, 3.8) is 0 Å². The second kappa shape index (κ2) is 7.99. The van der Waals surface area contributed by atoms with Crippen LogP contribution >= 0.6 is 0 Å². The Labute approximate surface area is 157 Å². The molecule has 140 valence electrons. The van der Waals surface area contributed by atoms with Crippen LogP contribution in [0.4, 0.5) is 0 Å². The fourth-order valence-corrected chi connectivity index (χ4v) is 2.96. The number of rotatable bonds is 7. The Morgan fingerprint density at radius 2 is 1.96 bits per heavy atom. The second-order valence-corrected chi connectivity index (χ2v) is 6.76. The van der Waals surface area contributed by atoms with E-state index in [1.807, 2.05) is 38.1 Å². The van der Waals surface area contributed by atoms with Crippen molar-refractivity contribution in [2.45, 2.75) is 26.8 Å². The smallest absolute Gasteiger partial charge is 0.254 e. The minimum absolute atomic E-state index is 0.0977. The van der Waals surface area contributed by atoms with Gasteiger partial charge in [-0.3, -0.25) is 9.59 Å². The second-order valence-electron chi connectivity index (χ2n) is 6.76. The van der Waals surface area contributed by atoms with Gasteiger partial charge in [0.05, 0.1) is 29.6 Å². The molecule has 2 heterocycles. The highest BCUT2D eigenvalue weighted by atomic mass is 16.3. The zero-order chi connectivity index (χ0) is 19.4. The monoisotopic (exact) mass is 366 g/mol. The lowest BCUT2D eigenvalue weighted by molar-refractivity contribution is -0.123. The summed E-state index contributed by atoms with van der Waals surface area (Å²) in [5, 5.41) is 3.66.